The van der Waals surface area contributed by atoms with Gasteiger partial charge in [0.25, 0.3) is 0 Å². The van der Waals surface area contributed by atoms with Gasteiger partial charge in [0.1, 0.15) is 5.82 Å². The molecule has 0 saturated heterocycles. The molecule has 3 heterocycles. The Balaban J connectivity index is 1.46. The van der Waals surface area contributed by atoms with Crippen molar-refractivity contribution in [1.29, 1.82) is 0 Å². The van der Waals surface area contributed by atoms with E-state index in [4.69, 9.17) is 0 Å². The van der Waals surface area contributed by atoms with Gasteiger partial charge in [0.15, 0.2) is 0 Å². The first-order chi connectivity index (χ1) is 11.8. The molecule has 0 bridgehead atoms. The third-order valence-corrected chi connectivity index (χ3v) is 4.48. The summed E-state index contributed by atoms with van der Waals surface area (Å²) in [7, 11) is 0. The molecule has 5 nitrogen and oxygen atoms in total. The molecular weight excluding hydrogens is 325 g/mol. The highest BCUT2D eigenvalue weighted by molar-refractivity contribution is 7.20. The third-order valence-electron chi connectivity index (χ3n) is 3.60. The molecule has 4 rings (SSSR count). The Bertz CT molecular complexity index is 932. The summed E-state index contributed by atoms with van der Waals surface area (Å²) in [6, 6.07) is 10.4. The molecule has 0 unspecified atom stereocenters. The zero-order valence-corrected chi connectivity index (χ0v) is 13.5. The first kappa shape index (κ1) is 14.8. The van der Waals surface area contributed by atoms with Gasteiger partial charge in [-0.15, -0.1) is 5.10 Å². The van der Waals surface area contributed by atoms with E-state index in [1.807, 2.05) is 24.4 Å². The number of nitrogens with one attached hydrogen (secondary N) is 1. The van der Waals surface area contributed by atoms with E-state index in [2.05, 4.69) is 20.4 Å². The smallest absolute Gasteiger partial charge is 0.214 e. The van der Waals surface area contributed by atoms with Crippen LogP contribution < -0.4 is 5.32 Å². The summed E-state index contributed by atoms with van der Waals surface area (Å²) in [6.45, 7) is 0.789. The maximum absolute atomic E-state index is 13.3. The van der Waals surface area contributed by atoms with E-state index in [0.29, 0.717) is 0 Å². The average Bonchev–Trinajstić information content (AvgIpc) is 3.14. The molecule has 1 aromatic carbocycles. The van der Waals surface area contributed by atoms with Gasteiger partial charge in [-0.05, 0) is 36.2 Å². The predicted molar refractivity (Wildman–Crippen MR) is 92.7 cm³/mol. The van der Waals surface area contributed by atoms with Gasteiger partial charge in [0.05, 0.1) is 11.9 Å². The minimum Gasteiger partial charge on any atom is -0.360 e. The fourth-order valence-corrected chi connectivity index (χ4v) is 3.23. The highest BCUT2D eigenvalue weighted by atomic mass is 32.1. The predicted octanol–water partition coefficient (Wildman–Crippen LogP) is 3.65. The molecule has 0 amide bonds. The lowest BCUT2D eigenvalue weighted by Gasteiger charge is -2.01. The van der Waals surface area contributed by atoms with Crippen molar-refractivity contribution < 1.29 is 4.39 Å². The molecule has 3 aromatic heterocycles. The van der Waals surface area contributed by atoms with Crippen molar-refractivity contribution >= 4 is 21.4 Å². The number of pyridine rings is 1. The van der Waals surface area contributed by atoms with Crippen molar-refractivity contribution in [2.45, 2.75) is 6.42 Å². The van der Waals surface area contributed by atoms with Gasteiger partial charge >= 0.3 is 0 Å². The molecule has 0 atom stereocenters. The first-order valence-electron chi connectivity index (χ1n) is 7.53. The molecule has 24 heavy (non-hydrogen) atoms. The monoisotopic (exact) mass is 339 g/mol. The number of imidazole rings is 1. The van der Waals surface area contributed by atoms with Gasteiger partial charge in [-0.1, -0.05) is 23.5 Å². The first-order valence-corrected chi connectivity index (χ1v) is 8.34. The highest BCUT2D eigenvalue weighted by Crippen LogP contribution is 2.24. The molecule has 4 aromatic rings. The number of fused-ring (bicyclic) bond motifs is 1. The van der Waals surface area contributed by atoms with E-state index in [1.165, 1.54) is 29.0 Å². The van der Waals surface area contributed by atoms with Crippen molar-refractivity contribution in [1.82, 2.24) is 19.6 Å². The van der Waals surface area contributed by atoms with Crippen LogP contribution in [0.1, 0.15) is 5.56 Å². The standard InChI is InChI=1S/C17H14FN5S/c18-14-3-1-2-13(10-14)15-11-23-17(21-15)24-16(22-23)20-9-6-12-4-7-19-8-5-12/h1-5,7-8,10-11H,6,9H2,(H,20,22). The molecule has 120 valence electrons. The highest BCUT2D eigenvalue weighted by Gasteiger charge is 2.10. The van der Waals surface area contributed by atoms with Gasteiger partial charge in [0, 0.05) is 24.5 Å². The Morgan fingerprint density at radius 2 is 2.04 bits per heavy atom. The van der Waals surface area contributed by atoms with E-state index in [1.54, 1.807) is 23.0 Å². The maximum Gasteiger partial charge on any atom is 0.214 e. The van der Waals surface area contributed by atoms with Crippen LogP contribution in [0, 0.1) is 5.82 Å². The number of anilines is 1. The average molecular weight is 339 g/mol. The van der Waals surface area contributed by atoms with Crippen LogP contribution in [0.4, 0.5) is 9.52 Å². The van der Waals surface area contributed by atoms with E-state index in [-0.39, 0.29) is 5.82 Å². The number of nitrogens with zero attached hydrogens (tertiary/aromatic N) is 4. The molecule has 0 aliphatic carbocycles. The Kier molecular flexibility index (Phi) is 3.92. The van der Waals surface area contributed by atoms with Crippen LogP contribution in [-0.4, -0.2) is 26.1 Å². The lowest BCUT2D eigenvalue weighted by molar-refractivity contribution is 0.628. The quantitative estimate of drug-likeness (QED) is 0.603. The Labute approximate surface area is 141 Å². The number of benzene rings is 1. The number of hydrogen-bond donors (Lipinski definition) is 1. The van der Waals surface area contributed by atoms with E-state index >= 15 is 0 Å². The minimum absolute atomic E-state index is 0.268. The number of rotatable bonds is 5. The molecule has 0 spiro atoms. The summed E-state index contributed by atoms with van der Waals surface area (Å²) in [5.41, 5.74) is 2.70. The molecular formula is C17H14FN5S. The summed E-state index contributed by atoms with van der Waals surface area (Å²) in [5.74, 6) is -0.268. The lowest BCUT2D eigenvalue weighted by Crippen LogP contribution is -2.04. The number of hydrogen-bond acceptors (Lipinski definition) is 5. The maximum atomic E-state index is 13.3. The van der Waals surface area contributed by atoms with Gasteiger partial charge in [-0.3, -0.25) is 4.98 Å². The Morgan fingerprint density at radius 1 is 1.17 bits per heavy atom. The fraction of sp³-hybridized carbons (Fsp3) is 0.118. The van der Waals surface area contributed by atoms with Crippen molar-refractivity contribution in [2.75, 3.05) is 11.9 Å². The van der Waals surface area contributed by atoms with Gasteiger partial charge in [-0.25, -0.2) is 13.9 Å². The van der Waals surface area contributed by atoms with Crippen LogP contribution in [0.15, 0.2) is 55.0 Å². The van der Waals surface area contributed by atoms with Crippen molar-refractivity contribution in [3.63, 3.8) is 0 Å². The van der Waals surface area contributed by atoms with Crippen LogP contribution >= 0.6 is 11.3 Å². The van der Waals surface area contributed by atoms with Crippen LogP contribution in [0.25, 0.3) is 16.2 Å². The molecule has 0 radical (unpaired) electrons. The second kappa shape index (κ2) is 6.37. The lowest BCUT2D eigenvalue weighted by atomic mass is 10.2. The second-order valence-corrected chi connectivity index (χ2v) is 6.26. The molecule has 0 aliphatic heterocycles. The number of halogens is 1. The van der Waals surface area contributed by atoms with Gasteiger partial charge in [0.2, 0.25) is 10.1 Å². The Morgan fingerprint density at radius 3 is 2.83 bits per heavy atom. The van der Waals surface area contributed by atoms with Crippen LogP contribution in [0.3, 0.4) is 0 Å². The largest absolute Gasteiger partial charge is 0.360 e. The summed E-state index contributed by atoms with van der Waals surface area (Å²) in [5, 5.41) is 8.59. The fourth-order valence-electron chi connectivity index (χ4n) is 2.42. The van der Waals surface area contributed by atoms with Crippen LogP contribution in [-0.2, 0) is 6.42 Å². The van der Waals surface area contributed by atoms with Crippen LogP contribution in [0.5, 0.6) is 0 Å². The van der Waals surface area contributed by atoms with E-state index < -0.39 is 0 Å². The summed E-state index contributed by atoms with van der Waals surface area (Å²) in [6.07, 6.45) is 6.30. The molecule has 1 N–H and O–H groups in total. The van der Waals surface area contributed by atoms with Crippen molar-refractivity contribution in [3.05, 3.63) is 66.4 Å². The molecule has 0 aliphatic rings. The van der Waals surface area contributed by atoms with Crippen molar-refractivity contribution in [2.24, 2.45) is 0 Å². The Hall–Kier alpha value is -2.80. The van der Waals surface area contributed by atoms with Crippen molar-refractivity contribution in [3.8, 4) is 11.3 Å². The molecule has 0 saturated carbocycles. The SMILES string of the molecule is Fc1cccc(-c2cn3nc(NCCc4ccncc4)sc3n2)c1. The van der Waals surface area contributed by atoms with Gasteiger partial charge < -0.3 is 5.32 Å². The van der Waals surface area contributed by atoms with Crippen LogP contribution in [0.2, 0.25) is 0 Å². The van der Waals surface area contributed by atoms with E-state index in [0.717, 1.165) is 34.3 Å². The van der Waals surface area contributed by atoms with E-state index in [9.17, 15) is 4.39 Å². The normalized spacial score (nSPS) is 11.0. The molecule has 7 heteroatoms. The third kappa shape index (κ3) is 3.11. The zero-order valence-electron chi connectivity index (χ0n) is 12.7. The number of aromatic nitrogens is 4. The van der Waals surface area contributed by atoms with Gasteiger partial charge in [-0.2, -0.15) is 0 Å². The summed E-state index contributed by atoms with van der Waals surface area (Å²) < 4.78 is 15.0. The zero-order chi connectivity index (χ0) is 16.4. The second-order valence-electron chi connectivity index (χ2n) is 5.30. The topological polar surface area (TPSA) is 55.1 Å². The molecule has 0 fully saturated rings. The minimum atomic E-state index is -0.268. The summed E-state index contributed by atoms with van der Waals surface area (Å²) in [4.78, 5) is 9.30. The summed E-state index contributed by atoms with van der Waals surface area (Å²) >= 11 is 1.48.